The lowest BCUT2D eigenvalue weighted by atomic mass is 10.1. The summed E-state index contributed by atoms with van der Waals surface area (Å²) in [7, 11) is 4.28. The number of methoxy groups -OCH3 is 2. The first-order valence-electron chi connectivity index (χ1n) is 6.15. The average Bonchev–Trinajstić information content (AvgIpc) is 2.45. The van der Waals surface area contributed by atoms with Crippen LogP contribution in [0.4, 0.5) is 4.39 Å². The molecule has 0 N–H and O–H groups in total. The number of rotatable bonds is 6. The summed E-state index contributed by atoms with van der Waals surface area (Å²) >= 11 is 0. The van der Waals surface area contributed by atoms with Crippen LogP contribution < -0.4 is 4.74 Å². The highest BCUT2D eigenvalue weighted by molar-refractivity contribution is 5.94. The molecule has 1 rings (SSSR count). The van der Waals surface area contributed by atoms with Crippen LogP contribution in [0.3, 0.4) is 0 Å². The average molecular weight is 283 g/mol. The topological polar surface area (TPSA) is 55.8 Å². The minimum atomic E-state index is -0.582. The highest BCUT2D eigenvalue weighted by Gasteiger charge is 2.14. The number of nitrogens with zero attached hydrogens (tertiary/aromatic N) is 1. The summed E-state index contributed by atoms with van der Waals surface area (Å²) in [5.41, 5.74) is 0.240. The number of halogens is 1. The fourth-order valence-corrected chi connectivity index (χ4v) is 1.68. The predicted octanol–water partition coefficient (Wildman–Crippen LogP) is 1.86. The predicted molar refractivity (Wildman–Crippen MR) is 71.2 cm³/mol. The lowest BCUT2D eigenvalue weighted by Crippen LogP contribution is -2.28. The number of carbonyl (C=O) groups is 2. The van der Waals surface area contributed by atoms with Crippen molar-refractivity contribution in [3.05, 3.63) is 29.6 Å². The number of benzene rings is 1. The highest BCUT2D eigenvalue weighted by Crippen LogP contribution is 2.18. The molecule has 20 heavy (non-hydrogen) atoms. The molecule has 1 aromatic carbocycles. The Morgan fingerprint density at radius 3 is 2.55 bits per heavy atom. The number of ether oxygens (including phenoxy) is 2. The minimum Gasteiger partial charge on any atom is -0.494 e. The van der Waals surface area contributed by atoms with Gasteiger partial charge in [0.25, 0.3) is 5.91 Å². The van der Waals surface area contributed by atoms with Crippen molar-refractivity contribution in [3.63, 3.8) is 0 Å². The molecule has 0 unspecified atom stereocenters. The van der Waals surface area contributed by atoms with E-state index >= 15 is 0 Å². The normalized spacial score (nSPS) is 10.0. The molecule has 0 saturated carbocycles. The fraction of sp³-hybridized carbons (Fsp3) is 0.429. The molecule has 0 aliphatic rings. The molecule has 0 saturated heterocycles. The zero-order valence-corrected chi connectivity index (χ0v) is 11.8. The molecule has 110 valence electrons. The van der Waals surface area contributed by atoms with E-state index in [2.05, 4.69) is 4.74 Å². The Labute approximate surface area is 117 Å². The van der Waals surface area contributed by atoms with Gasteiger partial charge in [-0.1, -0.05) is 0 Å². The van der Waals surface area contributed by atoms with Gasteiger partial charge in [-0.2, -0.15) is 0 Å². The molecule has 0 spiro atoms. The molecule has 5 nitrogen and oxygen atoms in total. The van der Waals surface area contributed by atoms with Crippen LogP contribution in [-0.4, -0.2) is 44.6 Å². The Kier molecular flexibility index (Phi) is 5.96. The number of hydrogen-bond acceptors (Lipinski definition) is 4. The van der Waals surface area contributed by atoms with Crippen LogP contribution in [0.15, 0.2) is 18.2 Å². The molecule has 6 heteroatoms. The van der Waals surface area contributed by atoms with Crippen LogP contribution >= 0.6 is 0 Å². The largest absolute Gasteiger partial charge is 0.494 e. The SMILES string of the molecule is COC(=O)CCCN(C)C(=O)c1ccc(OC)c(F)c1. The van der Waals surface area contributed by atoms with Crippen LogP contribution in [0.2, 0.25) is 0 Å². The van der Waals surface area contributed by atoms with Crippen LogP contribution in [0.25, 0.3) is 0 Å². The third-order valence-electron chi connectivity index (χ3n) is 2.85. The van der Waals surface area contributed by atoms with E-state index in [4.69, 9.17) is 4.74 Å². The van der Waals surface area contributed by atoms with E-state index in [9.17, 15) is 14.0 Å². The molecule has 0 bridgehead atoms. The molecular formula is C14H18FNO4. The third kappa shape index (κ3) is 4.22. The first-order valence-corrected chi connectivity index (χ1v) is 6.15. The number of amides is 1. The molecule has 0 aliphatic carbocycles. The number of carbonyl (C=O) groups excluding carboxylic acids is 2. The quantitative estimate of drug-likeness (QED) is 0.748. The maximum atomic E-state index is 13.5. The van der Waals surface area contributed by atoms with Gasteiger partial charge in [-0.25, -0.2) is 4.39 Å². The molecular weight excluding hydrogens is 265 g/mol. The highest BCUT2D eigenvalue weighted by atomic mass is 19.1. The Hall–Kier alpha value is -2.11. The second-order valence-electron chi connectivity index (χ2n) is 4.26. The van der Waals surface area contributed by atoms with E-state index in [1.807, 2.05) is 0 Å². The molecule has 0 atom stereocenters. The fourth-order valence-electron chi connectivity index (χ4n) is 1.68. The summed E-state index contributed by atoms with van der Waals surface area (Å²) in [6.45, 7) is 0.390. The van der Waals surface area contributed by atoms with Crippen molar-refractivity contribution in [1.82, 2.24) is 4.90 Å². The third-order valence-corrected chi connectivity index (χ3v) is 2.85. The van der Waals surface area contributed by atoms with Crippen LogP contribution in [-0.2, 0) is 9.53 Å². The number of hydrogen-bond donors (Lipinski definition) is 0. The van der Waals surface area contributed by atoms with Crippen molar-refractivity contribution >= 4 is 11.9 Å². The van der Waals surface area contributed by atoms with Gasteiger partial charge in [0.15, 0.2) is 11.6 Å². The van der Waals surface area contributed by atoms with Crippen molar-refractivity contribution in [2.45, 2.75) is 12.8 Å². The first-order chi connectivity index (χ1) is 9.49. The maximum Gasteiger partial charge on any atom is 0.305 e. The second kappa shape index (κ2) is 7.47. The van der Waals surface area contributed by atoms with Crippen LogP contribution in [0, 0.1) is 5.82 Å². The Morgan fingerprint density at radius 2 is 2.00 bits per heavy atom. The molecule has 0 radical (unpaired) electrons. The van der Waals surface area contributed by atoms with Gasteiger partial charge < -0.3 is 14.4 Å². The standard InChI is InChI=1S/C14H18FNO4/c1-16(8-4-5-13(17)20-3)14(18)10-6-7-12(19-2)11(15)9-10/h6-7,9H,4-5,8H2,1-3H3. The van der Waals surface area contributed by atoms with E-state index in [1.165, 1.54) is 31.3 Å². The number of esters is 1. The maximum absolute atomic E-state index is 13.5. The van der Waals surface area contributed by atoms with Gasteiger partial charge in [0.1, 0.15) is 0 Å². The van der Waals surface area contributed by atoms with Gasteiger partial charge in [0.2, 0.25) is 0 Å². The minimum absolute atomic E-state index is 0.0925. The summed E-state index contributed by atoms with van der Waals surface area (Å²) in [4.78, 5) is 24.4. The molecule has 1 aromatic rings. The lowest BCUT2D eigenvalue weighted by Gasteiger charge is -2.17. The van der Waals surface area contributed by atoms with Gasteiger partial charge in [-0.15, -0.1) is 0 Å². The van der Waals surface area contributed by atoms with Gasteiger partial charge in [-0.05, 0) is 24.6 Å². The first kappa shape index (κ1) is 15.9. The van der Waals surface area contributed by atoms with Crippen LogP contribution in [0.1, 0.15) is 23.2 Å². The van der Waals surface area contributed by atoms with Crippen LogP contribution in [0.5, 0.6) is 5.75 Å². The van der Waals surface area contributed by atoms with Crippen molar-refractivity contribution < 1.29 is 23.5 Å². The van der Waals surface area contributed by atoms with Crippen molar-refractivity contribution in [1.29, 1.82) is 0 Å². The summed E-state index contributed by atoms with van der Waals surface area (Å²) < 4.78 is 22.8. The van der Waals surface area contributed by atoms with Gasteiger partial charge in [0, 0.05) is 25.6 Å². The summed E-state index contributed by atoms with van der Waals surface area (Å²) in [6, 6.07) is 4.05. The summed E-state index contributed by atoms with van der Waals surface area (Å²) in [6.07, 6.45) is 0.735. The molecule has 0 aliphatic heterocycles. The van der Waals surface area contributed by atoms with Crippen molar-refractivity contribution in [3.8, 4) is 5.75 Å². The van der Waals surface area contributed by atoms with Crippen molar-refractivity contribution in [2.75, 3.05) is 27.8 Å². The molecule has 0 heterocycles. The van der Waals surface area contributed by atoms with E-state index < -0.39 is 5.82 Å². The second-order valence-corrected chi connectivity index (χ2v) is 4.26. The molecule has 1 amide bonds. The Bertz CT molecular complexity index is 490. The summed E-state index contributed by atoms with van der Waals surface area (Å²) in [5, 5.41) is 0. The molecule has 0 aromatic heterocycles. The Morgan fingerprint density at radius 1 is 1.30 bits per heavy atom. The monoisotopic (exact) mass is 283 g/mol. The zero-order valence-electron chi connectivity index (χ0n) is 11.8. The smallest absolute Gasteiger partial charge is 0.305 e. The van der Waals surface area contributed by atoms with Gasteiger partial charge >= 0.3 is 5.97 Å². The van der Waals surface area contributed by atoms with E-state index in [0.29, 0.717) is 13.0 Å². The van der Waals surface area contributed by atoms with Gasteiger partial charge in [0.05, 0.1) is 14.2 Å². The lowest BCUT2D eigenvalue weighted by molar-refractivity contribution is -0.140. The molecule has 0 fully saturated rings. The van der Waals surface area contributed by atoms with Crippen molar-refractivity contribution in [2.24, 2.45) is 0 Å². The van der Waals surface area contributed by atoms with E-state index in [1.54, 1.807) is 7.05 Å². The summed E-state index contributed by atoms with van der Waals surface area (Å²) in [5.74, 6) is -1.12. The Balaban J connectivity index is 2.60. The van der Waals surface area contributed by atoms with E-state index in [0.717, 1.165) is 6.07 Å². The van der Waals surface area contributed by atoms with E-state index in [-0.39, 0.29) is 29.6 Å². The van der Waals surface area contributed by atoms with Gasteiger partial charge in [-0.3, -0.25) is 9.59 Å². The zero-order chi connectivity index (χ0) is 15.1.